The lowest BCUT2D eigenvalue weighted by molar-refractivity contribution is -0.384. The summed E-state index contributed by atoms with van der Waals surface area (Å²) in [4.78, 5) is 21.6. The number of benzene rings is 3. The van der Waals surface area contributed by atoms with Crippen molar-refractivity contribution in [2.45, 2.75) is 44.1 Å². The Morgan fingerprint density at radius 2 is 1.72 bits per heavy atom. The van der Waals surface area contributed by atoms with E-state index in [2.05, 4.69) is 11.5 Å². The Balaban J connectivity index is 1.44. The number of rotatable bonds is 5. The van der Waals surface area contributed by atoms with Crippen LogP contribution in [0.25, 0.3) is 11.1 Å². The van der Waals surface area contributed by atoms with Crippen LogP contribution in [0.15, 0.2) is 77.8 Å². The summed E-state index contributed by atoms with van der Waals surface area (Å²) < 4.78 is 0. The minimum Gasteiger partial charge on any atom is -0.270 e. The average molecular weight is 428 g/mol. The lowest BCUT2D eigenvalue weighted by atomic mass is 9.69. The van der Waals surface area contributed by atoms with Crippen LogP contribution in [0, 0.1) is 10.1 Å². The third kappa shape index (κ3) is 3.78. The topological polar surface area (TPSA) is 76.8 Å². The number of nitrogens with one attached hydrogen (secondary N) is 1. The van der Waals surface area contributed by atoms with Gasteiger partial charge >= 0.3 is 0 Å². The van der Waals surface area contributed by atoms with Crippen LogP contribution in [-0.4, -0.2) is 10.8 Å². The zero-order valence-corrected chi connectivity index (χ0v) is 17.8. The van der Waals surface area contributed by atoms with Crippen LogP contribution < -0.4 is 5.48 Å². The van der Waals surface area contributed by atoms with Gasteiger partial charge in [-0.25, -0.2) is 4.99 Å². The van der Waals surface area contributed by atoms with Crippen LogP contribution in [0.1, 0.15) is 43.2 Å². The van der Waals surface area contributed by atoms with Crippen molar-refractivity contribution in [3.05, 3.63) is 94.0 Å². The molecule has 3 aromatic rings. The van der Waals surface area contributed by atoms with E-state index in [-0.39, 0.29) is 16.0 Å². The van der Waals surface area contributed by atoms with Crippen molar-refractivity contribution in [1.29, 1.82) is 0 Å². The molecule has 3 aromatic carbocycles. The Hall–Kier alpha value is -3.51. The van der Waals surface area contributed by atoms with Gasteiger partial charge < -0.3 is 0 Å². The molecule has 0 amide bonds. The second-order valence-corrected chi connectivity index (χ2v) is 8.52. The van der Waals surface area contributed by atoms with E-state index in [1.165, 1.54) is 18.1 Å². The van der Waals surface area contributed by atoms with Crippen LogP contribution in [0.3, 0.4) is 0 Å². The van der Waals surface area contributed by atoms with E-state index in [0.29, 0.717) is 6.61 Å². The van der Waals surface area contributed by atoms with Crippen LogP contribution in [-0.2, 0) is 16.9 Å². The summed E-state index contributed by atoms with van der Waals surface area (Å²) in [6, 6.07) is 23.0. The summed E-state index contributed by atoms with van der Waals surface area (Å²) in [5.74, 6) is 0.874. The first kappa shape index (κ1) is 20.4. The standard InChI is InChI=1S/C26H25N3O3/c30-29(31)22-11-7-10-20(16-22)21-12-13-24-23(17-21)26(14-5-2-6-15-26)25(27-24)28-32-18-19-8-3-1-4-9-19/h1,3-4,7-13,16-17H,2,5-6,14-15,18H2,(H,27,28). The van der Waals surface area contributed by atoms with Gasteiger partial charge in [0.15, 0.2) is 0 Å². The first-order chi connectivity index (χ1) is 15.7. The zero-order valence-electron chi connectivity index (χ0n) is 17.8. The highest BCUT2D eigenvalue weighted by Gasteiger charge is 2.44. The maximum absolute atomic E-state index is 11.2. The van der Waals surface area contributed by atoms with Crippen LogP contribution in [0.4, 0.5) is 11.4 Å². The molecule has 1 spiro atoms. The van der Waals surface area contributed by atoms with E-state index < -0.39 is 0 Å². The van der Waals surface area contributed by atoms with Gasteiger partial charge in [-0.3, -0.25) is 20.4 Å². The lowest BCUT2D eigenvalue weighted by Crippen LogP contribution is -2.43. The van der Waals surface area contributed by atoms with Crippen molar-refractivity contribution in [2.24, 2.45) is 4.99 Å². The largest absolute Gasteiger partial charge is 0.270 e. The van der Waals surface area contributed by atoms with Crippen molar-refractivity contribution >= 4 is 17.2 Å². The van der Waals surface area contributed by atoms with E-state index in [9.17, 15) is 10.1 Å². The summed E-state index contributed by atoms with van der Waals surface area (Å²) in [6.45, 7) is 0.464. The highest BCUT2D eigenvalue weighted by molar-refractivity contribution is 6.00. The SMILES string of the molecule is O=[N+]([O-])c1cccc(-c2ccc3c(c2)C2(CCCCC2)C(NOCc2ccccc2)=N3)c1. The number of nitro benzene ring substituents is 1. The molecule has 0 atom stereocenters. The minimum absolute atomic E-state index is 0.100. The van der Waals surface area contributed by atoms with Gasteiger partial charge in [-0.1, -0.05) is 67.8 Å². The molecule has 1 saturated carbocycles. The monoisotopic (exact) mass is 427 g/mol. The van der Waals surface area contributed by atoms with Crippen molar-refractivity contribution in [3.63, 3.8) is 0 Å². The number of fused-ring (bicyclic) bond motifs is 2. The van der Waals surface area contributed by atoms with E-state index >= 15 is 0 Å². The molecule has 0 unspecified atom stereocenters. The van der Waals surface area contributed by atoms with Gasteiger partial charge in [0.25, 0.3) is 5.69 Å². The Kier molecular flexibility index (Phi) is 5.45. The Labute approximate surface area is 187 Å². The molecule has 1 aliphatic heterocycles. The fourth-order valence-electron chi connectivity index (χ4n) is 4.89. The van der Waals surface area contributed by atoms with Crippen molar-refractivity contribution in [2.75, 3.05) is 0 Å². The summed E-state index contributed by atoms with van der Waals surface area (Å²) in [5, 5.41) is 11.2. The summed E-state index contributed by atoms with van der Waals surface area (Å²) in [6.07, 6.45) is 5.53. The number of amidine groups is 1. The highest BCUT2D eigenvalue weighted by Crippen LogP contribution is 2.49. The van der Waals surface area contributed by atoms with Gasteiger partial charge in [0.05, 0.1) is 22.6 Å². The van der Waals surface area contributed by atoms with Crippen molar-refractivity contribution in [1.82, 2.24) is 5.48 Å². The summed E-state index contributed by atoms with van der Waals surface area (Å²) in [5.41, 5.74) is 8.14. The highest BCUT2D eigenvalue weighted by atomic mass is 16.6. The van der Waals surface area contributed by atoms with Gasteiger partial charge in [0, 0.05) is 12.1 Å². The molecule has 2 aliphatic rings. The third-order valence-corrected chi connectivity index (χ3v) is 6.55. The second kappa shape index (κ2) is 8.55. The van der Waals surface area contributed by atoms with E-state index in [1.807, 2.05) is 48.5 Å². The van der Waals surface area contributed by atoms with Gasteiger partial charge in [0.2, 0.25) is 0 Å². The number of hydrogen-bond donors (Lipinski definition) is 1. The molecule has 1 aliphatic carbocycles. The van der Waals surface area contributed by atoms with E-state index in [0.717, 1.165) is 53.9 Å². The Morgan fingerprint density at radius 1 is 0.938 bits per heavy atom. The van der Waals surface area contributed by atoms with Gasteiger partial charge in [-0.2, -0.15) is 0 Å². The third-order valence-electron chi connectivity index (χ3n) is 6.55. The molecule has 162 valence electrons. The molecule has 0 saturated heterocycles. The normalized spacial score (nSPS) is 16.4. The van der Waals surface area contributed by atoms with Gasteiger partial charge in [-0.15, -0.1) is 0 Å². The summed E-state index contributed by atoms with van der Waals surface area (Å²) in [7, 11) is 0. The zero-order chi connectivity index (χ0) is 22.0. The quantitative estimate of drug-likeness (QED) is 0.387. The van der Waals surface area contributed by atoms with Crippen LogP contribution >= 0.6 is 0 Å². The molecular formula is C26H25N3O3. The fourth-order valence-corrected chi connectivity index (χ4v) is 4.89. The number of hydroxylamine groups is 1. The predicted octanol–water partition coefficient (Wildman–Crippen LogP) is 6.23. The number of non-ortho nitro benzene ring substituents is 1. The Bertz CT molecular complexity index is 1170. The summed E-state index contributed by atoms with van der Waals surface area (Å²) >= 11 is 0. The second-order valence-electron chi connectivity index (χ2n) is 8.52. The van der Waals surface area contributed by atoms with E-state index in [4.69, 9.17) is 9.83 Å². The maximum Gasteiger partial charge on any atom is 0.270 e. The lowest BCUT2D eigenvalue weighted by Gasteiger charge is -2.35. The molecule has 0 aromatic heterocycles. The molecule has 1 heterocycles. The average Bonchev–Trinajstić information content (AvgIpc) is 3.12. The molecule has 1 N–H and O–H groups in total. The number of hydrogen-bond acceptors (Lipinski definition) is 5. The van der Waals surface area contributed by atoms with Crippen molar-refractivity contribution in [3.8, 4) is 11.1 Å². The Morgan fingerprint density at radius 3 is 2.50 bits per heavy atom. The molecule has 6 nitrogen and oxygen atoms in total. The van der Waals surface area contributed by atoms with Crippen LogP contribution in [0.5, 0.6) is 0 Å². The first-order valence-corrected chi connectivity index (χ1v) is 11.1. The smallest absolute Gasteiger partial charge is 0.270 e. The fraction of sp³-hybridized carbons (Fsp3) is 0.269. The van der Waals surface area contributed by atoms with Gasteiger partial charge in [0.1, 0.15) is 5.84 Å². The predicted molar refractivity (Wildman–Crippen MR) is 125 cm³/mol. The van der Waals surface area contributed by atoms with E-state index in [1.54, 1.807) is 12.1 Å². The van der Waals surface area contributed by atoms with Gasteiger partial charge in [-0.05, 0) is 47.2 Å². The molecule has 1 fully saturated rings. The minimum atomic E-state index is -0.352. The number of nitro groups is 1. The molecular weight excluding hydrogens is 402 g/mol. The van der Waals surface area contributed by atoms with Crippen LogP contribution in [0.2, 0.25) is 0 Å². The first-order valence-electron chi connectivity index (χ1n) is 11.1. The molecule has 6 heteroatoms. The number of nitrogens with zero attached hydrogens (tertiary/aromatic N) is 2. The molecule has 0 radical (unpaired) electrons. The molecule has 0 bridgehead atoms. The molecule has 5 rings (SSSR count). The maximum atomic E-state index is 11.2. The van der Waals surface area contributed by atoms with Crippen molar-refractivity contribution < 1.29 is 9.76 Å². The number of aliphatic imine (C=N–C) groups is 1. The molecule has 32 heavy (non-hydrogen) atoms.